The van der Waals surface area contributed by atoms with Crippen molar-refractivity contribution in [2.24, 2.45) is 10.8 Å². The number of aliphatic imine (C=N–C) groups is 1. The van der Waals surface area contributed by atoms with Gasteiger partial charge < -0.3 is 4.74 Å². The standard InChI is InChI=1S/C18H18N4O3/c1-2-25-17(24)18(12-23)11-21-16(14-8-5-6-10-20-14)13-7-3-4-9-15(13)22(18)19/h3-10,12H,2,11,19H2,1H3. The van der Waals surface area contributed by atoms with Crippen molar-refractivity contribution >= 4 is 23.7 Å². The third-order valence-corrected chi connectivity index (χ3v) is 4.06. The van der Waals surface area contributed by atoms with E-state index >= 15 is 0 Å². The highest BCUT2D eigenvalue weighted by atomic mass is 16.5. The Morgan fingerprint density at radius 3 is 2.76 bits per heavy atom. The number of esters is 1. The number of ether oxygens (including phenoxy) is 1. The van der Waals surface area contributed by atoms with E-state index in [4.69, 9.17) is 10.6 Å². The number of rotatable bonds is 4. The van der Waals surface area contributed by atoms with Crippen LogP contribution in [0.3, 0.4) is 0 Å². The molecular weight excluding hydrogens is 320 g/mol. The van der Waals surface area contributed by atoms with Gasteiger partial charge in [0.1, 0.15) is 0 Å². The van der Waals surface area contributed by atoms with Crippen LogP contribution in [0, 0.1) is 0 Å². The first-order valence-electron chi connectivity index (χ1n) is 7.88. The average Bonchev–Trinajstić information content (AvgIpc) is 2.78. The van der Waals surface area contributed by atoms with Crippen molar-refractivity contribution in [3.63, 3.8) is 0 Å². The lowest BCUT2D eigenvalue weighted by Crippen LogP contribution is -2.62. The van der Waals surface area contributed by atoms with Crippen LogP contribution in [0.15, 0.2) is 53.7 Å². The van der Waals surface area contributed by atoms with Crippen LogP contribution in [0.5, 0.6) is 0 Å². The van der Waals surface area contributed by atoms with E-state index in [1.54, 1.807) is 31.3 Å². The zero-order valence-electron chi connectivity index (χ0n) is 13.8. The summed E-state index contributed by atoms with van der Waals surface area (Å²) in [5.41, 5.74) is 0.678. The minimum Gasteiger partial charge on any atom is -0.464 e. The van der Waals surface area contributed by atoms with Gasteiger partial charge in [0.15, 0.2) is 6.29 Å². The van der Waals surface area contributed by atoms with E-state index in [1.165, 1.54) is 0 Å². The smallest absolute Gasteiger partial charge is 0.342 e. The first kappa shape index (κ1) is 16.8. The van der Waals surface area contributed by atoms with E-state index in [2.05, 4.69) is 9.98 Å². The Bertz CT molecular complexity index is 822. The third-order valence-electron chi connectivity index (χ3n) is 4.06. The number of fused-ring (bicyclic) bond motifs is 1. The molecule has 0 aliphatic carbocycles. The van der Waals surface area contributed by atoms with Crippen LogP contribution in [0.2, 0.25) is 0 Å². The fraction of sp³-hybridized carbons (Fsp3) is 0.222. The van der Waals surface area contributed by atoms with Gasteiger partial charge in [-0.25, -0.2) is 10.6 Å². The summed E-state index contributed by atoms with van der Waals surface area (Å²) in [7, 11) is 0. The minimum absolute atomic E-state index is 0.140. The molecule has 0 saturated carbocycles. The lowest BCUT2D eigenvalue weighted by molar-refractivity contribution is -0.150. The highest BCUT2D eigenvalue weighted by molar-refractivity contribution is 6.17. The predicted octanol–water partition coefficient (Wildman–Crippen LogP) is 1.11. The molecule has 0 spiro atoms. The maximum Gasteiger partial charge on any atom is 0.342 e. The summed E-state index contributed by atoms with van der Waals surface area (Å²) in [6.07, 6.45) is 2.15. The predicted molar refractivity (Wildman–Crippen MR) is 93.3 cm³/mol. The van der Waals surface area contributed by atoms with Crippen molar-refractivity contribution in [3.05, 3.63) is 59.9 Å². The molecule has 0 amide bonds. The second-order valence-corrected chi connectivity index (χ2v) is 5.53. The van der Waals surface area contributed by atoms with Crippen LogP contribution in [-0.4, -0.2) is 41.6 Å². The van der Waals surface area contributed by atoms with Gasteiger partial charge in [0, 0.05) is 11.8 Å². The Labute approximate surface area is 145 Å². The van der Waals surface area contributed by atoms with Gasteiger partial charge in [-0.2, -0.15) is 0 Å². The largest absolute Gasteiger partial charge is 0.464 e. The summed E-state index contributed by atoms with van der Waals surface area (Å²) in [5, 5.41) is 1.15. The number of hydrogen-bond donors (Lipinski definition) is 1. The fourth-order valence-corrected chi connectivity index (χ4v) is 2.74. The molecule has 7 heteroatoms. The zero-order chi connectivity index (χ0) is 17.9. The van der Waals surface area contributed by atoms with Crippen molar-refractivity contribution in [1.29, 1.82) is 0 Å². The zero-order valence-corrected chi connectivity index (χ0v) is 13.8. The summed E-state index contributed by atoms with van der Waals surface area (Å²) in [6.45, 7) is 1.65. The normalized spacial score (nSPS) is 19.4. The molecule has 1 aromatic heterocycles. The summed E-state index contributed by atoms with van der Waals surface area (Å²) in [4.78, 5) is 33.3. The van der Waals surface area contributed by atoms with Gasteiger partial charge in [-0.1, -0.05) is 24.3 Å². The van der Waals surface area contributed by atoms with E-state index in [-0.39, 0.29) is 13.2 Å². The molecule has 0 fully saturated rings. The Balaban J connectivity index is 2.20. The molecule has 1 atom stereocenters. The molecule has 3 rings (SSSR count). The van der Waals surface area contributed by atoms with Gasteiger partial charge in [-0.05, 0) is 25.1 Å². The lowest BCUT2D eigenvalue weighted by Gasteiger charge is -2.33. The lowest BCUT2D eigenvalue weighted by atomic mass is 9.99. The van der Waals surface area contributed by atoms with Crippen LogP contribution in [0.1, 0.15) is 18.2 Å². The van der Waals surface area contributed by atoms with E-state index in [0.717, 1.165) is 5.01 Å². The van der Waals surface area contributed by atoms with E-state index in [9.17, 15) is 9.59 Å². The quantitative estimate of drug-likeness (QED) is 0.388. The monoisotopic (exact) mass is 338 g/mol. The molecule has 128 valence electrons. The van der Waals surface area contributed by atoms with Gasteiger partial charge in [0.05, 0.1) is 30.2 Å². The SMILES string of the molecule is CCOC(=O)C1(C=O)CN=C(c2ccccn2)c2ccccc2N1N. The number of nitrogens with zero attached hydrogens (tertiary/aromatic N) is 3. The van der Waals surface area contributed by atoms with Gasteiger partial charge in [0.25, 0.3) is 0 Å². The van der Waals surface area contributed by atoms with Gasteiger partial charge in [-0.15, -0.1) is 0 Å². The molecule has 25 heavy (non-hydrogen) atoms. The number of nitrogens with two attached hydrogens (primary N) is 1. The topological polar surface area (TPSA) is 97.9 Å². The Hall–Kier alpha value is -3.06. The summed E-state index contributed by atoms with van der Waals surface area (Å²) in [6, 6.07) is 12.6. The van der Waals surface area contributed by atoms with Crippen LogP contribution in [0.4, 0.5) is 5.69 Å². The van der Waals surface area contributed by atoms with E-state index in [1.807, 2.05) is 24.3 Å². The van der Waals surface area contributed by atoms with Crippen LogP contribution in [-0.2, 0) is 14.3 Å². The first-order valence-corrected chi connectivity index (χ1v) is 7.88. The maximum atomic E-state index is 12.5. The van der Waals surface area contributed by atoms with Gasteiger partial charge in [-0.3, -0.25) is 19.8 Å². The number of carbonyl (C=O) groups is 2. The number of hydrogen-bond acceptors (Lipinski definition) is 7. The molecule has 0 saturated heterocycles. The van der Waals surface area contributed by atoms with Crippen LogP contribution in [0.25, 0.3) is 0 Å². The van der Waals surface area contributed by atoms with Crippen molar-refractivity contribution in [2.75, 3.05) is 18.2 Å². The number of para-hydroxylation sites is 1. The summed E-state index contributed by atoms with van der Waals surface area (Å²) >= 11 is 0. The molecule has 1 aliphatic heterocycles. The van der Waals surface area contributed by atoms with Crippen LogP contribution >= 0.6 is 0 Å². The minimum atomic E-state index is -1.72. The number of anilines is 1. The number of aromatic nitrogens is 1. The summed E-state index contributed by atoms with van der Waals surface area (Å²) < 4.78 is 5.08. The van der Waals surface area contributed by atoms with Gasteiger partial charge in [0.2, 0.25) is 5.54 Å². The molecule has 7 nitrogen and oxygen atoms in total. The molecule has 2 N–H and O–H groups in total. The fourth-order valence-electron chi connectivity index (χ4n) is 2.74. The second kappa shape index (κ2) is 6.82. The van der Waals surface area contributed by atoms with Crippen molar-refractivity contribution in [2.45, 2.75) is 12.5 Å². The Kier molecular flexibility index (Phi) is 4.58. The highest BCUT2D eigenvalue weighted by Gasteiger charge is 2.47. The van der Waals surface area contributed by atoms with E-state index in [0.29, 0.717) is 28.9 Å². The van der Waals surface area contributed by atoms with E-state index < -0.39 is 11.5 Å². The Morgan fingerprint density at radius 1 is 1.32 bits per heavy atom. The number of aldehydes is 1. The van der Waals surface area contributed by atoms with Crippen molar-refractivity contribution in [1.82, 2.24) is 4.98 Å². The van der Waals surface area contributed by atoms with Crippen LogP contribution < -0.4 is 10.9 Å². The second-order valence-electron chi connectivity index (χ2n) is 5.53. The molecule has 1 aliphatic rings. The first-order chi connectivity index (χ1) is 12.1. The highest BCUT2D eigenvalue weighted by Crippen LogP contribution is 2.30. The maximum absolute atomic E-state index is 12.5. The molecule has 2 heterocycles. The third kappa shape index (κ3) is 2.78. The Morgan fingerprint density at radius 2 is 2.08 bits per heavy atom. The van der Waals surface area contributed by atoms with Gasteiger partial charge >= 0.3 is 5.97 Å². The number of hydrazine groups is 1. The molecule has 0 radical (unpaired) electrons. The number of benzodiazepines with no additional fused rings is 1. The van der Waals surface area contributed by atoms with Crippen molar-refractivity contribution in [3.8, 4) is 0 Å². The molecular formula is C18H18N4O3. The molecule has 1 unspecified atom stereocenters. The average molecular weight is 338 g/mol. The molecule has 1 aromatic carbocycles. The summed E-state index contributed by atoms with van der Waals surface area (Å²) in [5.74, 6) is 5.49. The number of pyridine rings is 1. The molecule has 0 bridgehead atoms. The number of benzene rings is 1. The van der Waals surface area contributed by atoms with Crippen molar-refractivity contribution < 1.29 is 14.3 Å². The molecule has 2 aromatic rings. The number of carbonyl (C=O) groups excluding carboxylic acids is 2.